The van der Waals surface area contributed by atoms with Crippen molar-refractivity contribution in [3.05, 3.63) is 29.8 Å². The maximum Gasteiger partial charge on any atom is 0.0890 e. The molecule has 0 spiro atoms. The standard InChI is InChI=1S/C9H11N2P/c1-11(2)8-5-3-7(4-6-8)9-10-12-9/h3-6,12H,1-2H3. The number of nitrogens with zero attached hydrogens (tertiary/aromatic N) is 2. The van der Waals surface area contributed by atoms with Gasteiger partial charge < -0.3 is 4.90 Å². The Balaban J connectivity index is 2.24. The van der Waals surface area contributed by atoms with Gasteiger partial charge in [-0.1, -0.05) is 12.1 Å². The first-order valence-electron chi connectivity index (χ1n) is 3.89. The first-order valence-corrected chi connectivity index (χ1v) is 4.83. The summed E-state index contributed by atoms with van der Waals surface area (Å²) >= 11 is 0. The summed E-state index contributed by atoms with van der Waals surface area (Å²) in [6.45, 7) is 0. The molecule has 1 atom stereocenters. The first-order chi connectivity index (χ1) is 5.77. The fourth-order valence-electron chi connectivity index (χ4n) is 1.07. The molecule has 2 rings (SSSR count). The third-order valence-electron chi connectivity index (χ3n) is 1.88. The zero-order valence-corrected chi connectivity index (χ0v) is 8.20. The van der Waals surface area contributed by atoms with Gasteiger partial charge in [0.2, 0.25) is 0 Å². The van der Waals surface area contributed by atoms with Crippen LogP contribution in [-0.4, -0.2) is 19.5 Å². The molecule has 0 bridgehead atoms. The number of benzene rings is 1. The molecule has 1 unspecified atom stereocenters. The molecule has 0 amide bonds. The minimum Gasteiger partial charge on any atom is -0.378 e. The van der Waals surface area contributed by atoms with Crippen LogP contribution in [-0.2, 0) is 0 Å². The van der Waals surface area contributed by atoms with Crippen LogP contribution < -0.4 is 4.90 Å². The van der Waals surface area contributed by atoms with Crippen LogP contribution >= 0.6 is 8.73 Å². The number of hydrogen-bond acceptors (Lipinski definition) is 2. The predicted molar refractivity (Wildman–Crippen MR) is 55.6 cm³/mol. The van der Waals surface area contributed by atoms with Gasteiger partial charge in [0.15, 0.2) is 0 Å². The Kier molecular flexibility index (Phi) is 1.86. The molecule has 0 aromatic heterocycles. The highest BCUT2D eigenvalue weighted by molar-refractivity contribution is 7.67. The highest BCUT2D eigenvalue weighted by atomic mass is 31.1. The Labute approximate surface area is 74.1 Å². The normalized spacial score (nSPS) is 16.0. The largest absolute Gasteiger partial charge is 0.378 e. The summed E-state index contributed by atoms with van der Waals surface area (Å²) < 4.78 is 4.18. The van der Waals surface area contributed by atoms with Crippen molar-refractivity contribution in [3.8, 4) is 0 Å². The molecule has 2 nitrogen and oxygen atoms in total. The van der Waals surface area contributed by atoms with Crippen molar-refractivity contribution in [1.82, 2.24) is 0 Å². The van der Waals surface area contributed by atoms with Crippen molar-refractivity contribution >= 4 is 19.9 Å². The molecule has 1 aromatic rings. The van der Waals surface area contributed by atoms with Gasteiger partial charge in [0.05, 0.1) is 14.2 Å². The molecule has 3 heteroatoms. The van der Waals surface area contributed by atoms with Crippen molar-refractivity contribution in [3.63, 3.8) is 0 Å². The van der Waals surface area contributed by atoms with Crippen molar-refractivity contribution in [1.29, 1.82) is 0 Å². The molecule has 12 heavy (non-hydrogen) atoms. The maximum absolute atomic E-state index is 4.18. The van der Waals surface area contributed by atoms with Crippen LogP contribution in [0.2, 0.25) is 0 Å². The Morgan fingerprint density at radius 1 is 1.17 bits per heavy atom. The molecule has 1 heterocycles. The highest BCUT2D eigenvalue weighted by Gasteiger charge is 2.12. The quantitative estimate of drug-likeness (QED) is 0.633. The average Bonchev–Trinajstić information content (AvgIpc) is 2.87. The second kappa shape index (κ2) is 2.87. The summed E-state index contributed by atoms with van der Waals surface area (Å²) in [5, 5.41) is 0. The molecule has 1 aliphatic heterocycles. The van der Waals surface area contributed by atoms with E-state index in [2.05, 4.69) is 33.9 Å². The highest BCUT2D eigenvalue weighted by Crippen LogP contribution is 2.36. The smallest absolute Gasteiger partial charge is 0.0890 e. The fraction of sp³-hybridized carbons (Fsp3) is 0.222. The zero-order chi connectivity index (χ0) is 8.55. The second-order valence-electron chi connectivity index (χ2n) is 3.01. The lowest BCUT2D eigenvalue weighted by atomic mass is 10.2. The van der Waals surface area contributed by atoms with E-state index in [4.69, 9.17) is 0 Å². The van der Waals surface area contributed by atoms with Gasteiger partial charge >= 0.3 is 0 Å². The van der Waals surface area contributed by atoms with E-state index in [1.165, 1.54) is 16.7 Å². The summed E-state index contributed by atoms with van der Waals surface area (Å²) in [6.07, 6.45) is 0. The van der Waals surface area contributed by atoms with Gasteiger partial charge in [-0.05, 0) is 12.1 Å². The van der Waals surface area contributed by atoms with Crippen molar-refractivity contribution in [2.75, 3.05) is 19.0 Å². The summed E-state index contributed by atoms with van der Waals surface area (Å²) in [7, 11) is 4.82. The summed E-state index contributed by atoms with van der Waals surface area (Å²) in [5.41, 5.74) is 3.78. The van der Waals surface area contributed by atoms with E-state index in [0.717, 1.165) is 8.73 Å². The maximum atomic E-state index is 4.18. The number of hydrogen-bond donors (Lipinski definition) is 0. The summed E-state index contributed by atoms with van der Waals surface area (Å²) in [4.78, 5) is 2.10. The Hall–Kier alpha value is -0.880. The third-order valence-corrected chi connectivity index (χ3v) is 2.62. The lowest BCUT2D eigenvalue weighted by Crippen LogP contribution is -2.08. The van der Waals surface area contributed by atoms with Gasteiger partial charge in [-0.15, -0.1) is 0 Å². The van der Waals surface area contributed by atoms with Crippen LogP contribution in [0.4, 0.5) is 5.69 Å². The van der Waals surface area contributed by atoms with Crippen molar-refractivity contribution in [2.45, 2.75) is 0 Å². The third kappa shape index (κ3) is 1.49. The fourth-order valence-corrected chi connectivity index (χ4v) is 1.56. The molecule has 1 aromatic carbocycles. The molecule has 0 fully saturated rings. The number of rotatable bonds is 2. The zero-order valence-electron chi connectivity index (χ0n) is 7.20. The molecule has 0 N–H and O–H groups in total. The molecule has 0 saturated carbocycles. The molecular weight excluding hydrogens is 167 g/mol. The molecule has 1 aliphatic rings. The van der Waals surface area contributed by atoms with E-state index in [9.17, 15) is 0 Å². The van der Waals surface area contributed by atoms with Gasteiger partial charge in [-0.3, -0.25) is 4.76 Å². The summed E-state index contributed by atoms with van der Waals surface area (Å²) in [6, 6.07) is 8.52. The number of anilines is 1. The van der Waals surface area contributed by atoms with E-state index in [1.807, 2.05) is 14.1 Å². The van der Waals surface area contributed by atoms with E-state index in [-0.39, 0.29) is 0 Å². The van der Waals surface area contributed by atoms with Gasteiger partial charge in [0, 0.05) is 25.3 Å². The van der Waals surface area contributed by atoms with E-state index in [1.54, 1.807) is 0 Å². The van der Waals surface area contributed by atoms with Gasteiger partial charge in [0.25, 0.3) is 0 Å². The van der Waals surface area contributed by atoms with Crippen LogP contribution in [0.3, 0.4) is 0 Å². The molecule has 0 saturated heterocycles. The topological polar surface area (TPSA) is 15.6 Å². The van der Waals surface area contributed by atoms with Crippen molar-refractivity contribution in [2.24, 2.45) is 4.76 Å². The van der Waals surface area contributed by atoms with Crippen LogP contribution in [0.5, 0.6) is 0 Å². The van der Waals surface area contributed by atoms with Gasteiger partial charge in [-0.25, -0.2) is 0 Å². The second-order valence-corrected chi connectivity index (χ2v) is 3.93. The Bertz CT molecular complexity index is 314. The lowest BCUT2D eigenvalue weighted by Gasteiger charge is -2.11. The van der Waals surface area contributed by atoms with E-state index < -0.39 is 0 Å². The predicted octanol–water partition coefficient (Wildman–Crippen LogP) is 2.11. The van der Waals surface area contributed by atoms with Crippen LogP contribution in [0.1, 0.15) is 5.56 Å². The molecule has 62 valence electrons. The van der Waals surface area contributed by atoms with Gasteiger partial charge in [-0.2, -0.15) is 0 Å². The summed E-state index contributed by atoms with van der Waals surface area (Å²) in [5.74, 6) is 0. The SMILES string of the molecule is CN(C)c1ccc(C2=NP2)cc1. The van der Waals surface area contributed by atoms with Crippen LogP contribution in [0, 0.1) is 0 Å². The van der Waals surface area contributed by atoms with E-state index in [0.29, 0.717) is 0 Å². The molecule has 0 radical (unpaired) electrons. The van der Waals surface area contributed by atoms with E-state index >= 15 is 0 Å². The first kappa shape index (κ1) is 7.75. The average molecular weight is 178 g/mol. The minimum atomic E-state index is 0.721. The van der Waals surface area contributed by atoms with Crippen molar-refractivity contribution < 1.29 is 0 Å². The van der Waals surface area contributed by atoms with Crippen LogP contribution in [0.25, 0.3) is 0 Å². The Morgan fingerprint density at radius 2 is 1.75 bits per heavy atom. The minimum absolute atomic E-state index is 0.721. The van der Waals surface area contributed by atoms with Crippen LogP contribution in [0.15, 0.2) is 29.0 Å². The Morgan fingerprint density at radius 3 is 2.17 bits per heavy atom. The monoisotopic (exact) mass is 178 g/mol. The molecule has 0 aliphatic carbocycles. The van der Waals surface area contributed by atoms with Gasteiger partial charge in [0.1, 0.15) is 0 Å². The molecular formula is C9H11N2P. The lowest BCUT2D eigenvalue weighted by molar-refractivity contribution is 1.13.